The summed E-state index contributed by atoms with van der Waals surface area (Å²) in [7, 11) is -7.13. The fourth-order valence-electron chi connectivity index (χ4n) is 2.33. The highest BCUT2D eigenvalue weighted by molar-refractivity contribution is 7.88. The maximum atomic E-state index is 13.7. The fraction of sp³-hybridized carbons (Fsp3) is 0.357. The molecule has 0 aliphatic rings. The molecule has 0 saturated carbocycles. The van der Waals surface area contributed by atoms with Gasteiger partial charge in [0.25, 0.3) is 0 Å². The zero-order chi connectivity index (χ0) is 23.5. The highest BCUT2D eigenvalue weighted by Crippen LogP contribution is 2.55. The van der Waals surface area contributed by atoms with E-state index >= 15 is 0 Å². The van der Waals surface area contributed by atoms with E-state index in [1.54, 1.807) is 0 Å². The summed E-state index contributed by atoms with van der Waals surface area (Å²) >= 11 is 0. The van der Waals surface area contributed by atoms with Crippen LogP contribution in [0.4, 0.5) is 39.5 Å². The van der Waals surface area contributed by atoms with Crippen LogP contribution in [-0.4, -0.2) is 47.8 Å². The molecule has 1 aromatic carbocycles. The predicted octanol–water partition coefficient (Wildman–Crippen LogP) is 4.31. The number of carbonyl (C=O) groups is 1. The minimum Gasteiger partial charge on any atom is -0.478 e. The van der Waals surface area contributed by atoms with Gasteiger partial charge in [0.05, 0.1) is 5.56 Å². The smallest absolute Gasteiger partial charge is 0.460 e. The van der Waals surface area contributed by atoms with Crippen molar-refractivity contribution < 1.29 is 62.0 Å². The third kappa shape index (κ3) is 3.31. The second-order valence-corrected chi connectivity index (χ2v) is 7.43. The highest BCUT2D eigenvalue weighted by atomic mass is 32.2. The zero-order valence-corrected chi connectivity index (χ0v) is 14.9. The van der Waals surface area contributed by atoms with Crippen LogP contribution >= 0.6 is 0 Å². The lowest BCUT2D eigenvalue weighted by molar-refractivity contribution is -0.382. The number of hydrogen-bond donors (Lipinski definition) is 2. The molecule has 0 aliphatic carbocycles. The lowest BCUT2D eigenvalue weighted by Gasteiger charge is -2.32. The van der Waals surface area contributed by atoms with Gasteiger partial charge in [-0.1, -0.05) is 0 Å². The average molecular weight is 473 g/mol. The van der Waals surface area contributed by atoms with Crippen molar-refractivity contribution in [3.8, 4) is 5.75 Å². The first-order valence-electron chi connectivity index (χ1n) is 7.27. The van der Waals surface area contributed by atoms with Gasteiger partial charge in [0.2, 0.25) is 0 Å². The van der Waals surface area contributed by atoms with E-state index in [-0.39, 0.29) is 16.6 Å². The summed E-state index contributed by atoms with van der Waals surface area (Å²) in [5.41, 5.74) is -0.469. The molecular weight excluding hydrogens is 465 g/mol. The second-order valence-electron chi connectivity index (χ2n) is 5.84. The van der Waals surface area contributed by atoms with Crippen LogP contribution in [0.3, 0.4) is 0 Å². The molecule has 16 heteroatoms. The van der Waals surface area contributed by atoms with Crippen molar-refractivity contribution in [2.24, 2.45) is 0 Å². The maximum absolute atomic E-state index is 13.7. The number of fused-ring (bicyclic) bond motifs is 1. The van der Waals surface area contributed by atoms with Gasteiger partial charge >= 0.3 is 39.4 Å². The summed E-state index contributed by atoms with van der Waals surface area (Å²) < 4.78 is 143. The number of carboxylic acid groups (broad SMARTS) is 1. The Morgan fingerprint density at radius 3 is 2.00 bits per heavy atom. The Balaban J connectivity index is 2.54. The summed E-state index contributed by atoms with van der Waals surface area (Å²) in [4.78, 5) is 13.7. The summed E-state index contributed by atoms with van der Waals surface area (Å²) in [6.07, 6.45) is -7.21. The minimum atomic E-state index is -7.45. The number of carboxylic acids is 1. The number of hydrogen-bond acceptors (Lipinski definition) is 4. The number of aromatic amines is 1. The molecule has 1 heterocycles. The maximum Gasteiger partial charge on any atom is 0.460 e. The Morgan fingerprint density at radius 1 is 1.00 bits per heavy atom. The van der Waals surface area contributed by atoms with Gasteiger partial charge in [-0.3, -0.25) is 0 Å². The van der Waals surface area contributed by atoms with Gasteiger partial charge in [0, 0.05) is 16.6 Å². The first kappa shape index (κ1) is 23.6. The quantitative estimate of drug-likeness (QED) is 0.482. The average Bonchev–Trinajstić information content (AvgIpc) is 2.88. The second kappa shape index (κ2) is 6.68. The molecule has 0 spiro atoms. The Labute approximate surface area is 160 Å². The molecule has 30 heavy (non-hydrogen) atoms. The van der Waals surface area contributed by atoms with Crippen LogP contribution in [0, 0.1) is 6.92 Å². The number of H-pyrrole nitrogens is 1. The van der Waals surface area contributed by atoms with Gasteiger partial charge in [-0.2, -0.15) is 47.9 Å². The molecule has 0 amide bonds. The molecule has 6 nitrogen and oxygen atoms in total. The van der Waals surface area contributed by atoms with Gasteiger partial charge in [0.15, 0.2) is 0 Å². The SMILES string of the molecule is Cc1[nH]c2ccc(OS(=O)(=O)C(F)(F)C(F)(F)C(F)(F)C(F)(F)F)cc2c1C(=O)O. The monoisotopic (exact) mass is 473 g/mol. The number of alkyl halides is 9. The summed E-state index contributed by atoms with van der Waals surface area (Å²) in [5, 5.41) is 1.72. The number of halogens is 9. The summed E-state index contributed by atoms with van der Waals surface area (Å²) in [6, 6.07) is 1.91. The molecule has 168 valence electrons. The molecule has 2 rings (SSSR count). The van der Waals surface area contributed by atoms with Gasteiger partial charge in [-0.15, -0.1) is 0 Å². The number of aromatic nitrogens is 1. The first-order chi connectivity index (χ1) is 13.3. The van der Waals surface area contributed by atoms with E-state index in [0.717, 1.165) is 6.07 Å². The third-order valence-electron chi connectivity index (χ3n) is 3.81. The predicted molar refractivity (Wildman–Crippen MR) is 80.4 cm³/mol. The zero-order valence-electron chi connectivity index (χ0n) is 14.1. The van der Waals surface area contributed by atoms with E-state index < -0.39 is 50.7 Å². The van der Waals surface area contributed by atoms with Gasteiger partial charge in [-0.25, -0.2) is 4.79 Å². The van der Waals surface area contributed by atoms with Crippen LogP contribution in [0.1, 0.15) is 16.1 Å². The van der Waals surface area contributed by atoms with Crippen molar-refractivity contribution >= 4 is 27.0 Å². The van der Waals surface area contributed by atoms with E-state index in [2.05, 4.69) is 9.17 Å². The van der Waals surface area contributed by atoms with Crippen LogP contribution < -0.4 is 4.18 Å². The van der Waals surface area contributed by atoms with Crippen LogP contribution in [0.15, 0.2) is 18.2 Å². The summed E-state index contributed by atoms with van der Waals surface area (Å²) in [6.45, 7) is 1.26. The van der Waals surface area contributed by atoms with Crippen molar-refractivity contribution in [2.45, 2.75) is 30.2 Å². The molecule has 2 N–H and O–H groups in total. The molecule has 2 aromatic rings. The van der Waals surface area contributed by atoms with Gasteiger partial charge in [-0.05, 0) is 25.1 Å². The van der Waals surface area contributed by atoms with Crippen molar-refractivity contribution in [3.63, 3.8) is 0 Å². The normalized spacial score (nSPS) is 14.2. The van der Waals surface area contributed by atoms with Crippen molar-refractivity contribution in [2.75, 3.05) is 0 Å². The molecule has 0 fully saturated rings. The Bertz CT molecular complexity index is 1100. The van der Waals surface area contributed by atoms with Crippen LogP contribution in [-0.2, 0) is 10.1 Å². The number of rotatable bonds is 6. The summed E-state index contributed by atoms with van der Waals surface area (Å²) in [5.74, 6) is -17.7. The van der Waals surface area contributed by atoms with Crippen molar-refractivity contribution in [1.29, 1.82) is 0 Å². The van der Waals surface area contributed by atoms with E-state index in [1.807, 2.05) is 0 Å². The Kier molecular flexibility index (Phi) is 5.26. The van der Waals surface area contributed by atoms with E-state index in [9.17, 15) is 52.7 Å². The van der Waals surface area contributed by atoms with Crippen molar-refractivity contribution in [3.05, 3.63) is 29.5 Å². The van der Waals surface area contributed by atoms with E-state index in [0.29, 0.717) is 12.1 Å². The van der Waals surface area contributed by atoms with Gasteiger partial charge in [0.1, 0.15) is 5.75 Å². The molecule has 0 unspecified atom stereocenters. The fourth-order valence-corrected chi connectivity index (χ4v) is 3.23. The number of nitrogens with one attached hydrogen (secondary N) is 1. The Morgan fingerprint density at radius 2 is 1.53 bits per heavy atom. The van der Waals surface area contributed by atoms with Crippen LogP contribution in [0.2, 0.25) is 0 Å². The number of benzene rings is 1. The van der Waals surface area contributed by atoms with Crippen molar-refractivity contribution in [1.82, 2.24) is 4.98 Å². The number of aryl methyl sites for hydroxylation is 1. The number of aromatic carboxylic acids is 1. The molecular formula is C14H8F9NO5S. The molecule has 1 aromatic heterocycles. The molecule has 0 bridgehead atoms. The molecule has 0 radical (unpaired) electrons. The minimum absolute atomic E-state index is 0.00958. The standard InChI is InChI=1S/C14H8F9NO5S/c1-5-9(10(25)26)7-4-6(2-3-8(7)24-5)29-30(27,28)14(22,23)12(17,18)11(15,16)13(19,20)21/h2-4,24H,1H3,(H,25,26). The largest absolute Gasteiger partial charge is 0.478 e. The van der Waals surface area contributed by atoms with Crippen LogP contribution in [0.25, 0.3) is 10.9 Å². The topological polar surface area (TPSA) is 96.5 Å². The molecule has 0 aliphatic heterocycles. The van der Waals surface area contributed by atoms with E-state index in [4.69, 9.17) is 5.11 Å². The van der Waals surface area contributed by atoms with Gasteiger partial charge < -0.3 is 14.3 Å². The lowest BCUT2D eigenvalue weighted by atomic mass is 10.1. The van der Waals surface area contributed by atoms with E-state index in [1.165, 1.54) is 6.92 Å². The third-order valence-corrected chi connectivity index (χ3v) is 5.10. The van der Waals surface area contributed by atoms with Crippen LogP contribution in [0.5, 0.6) is 5.75 Å². The molecule has 0 saturated heterocycles. The first-order valence-corrected chi connectivity index (χ1v) is 8.68. The Hall–Kier alpha value is -2.65. The highest BCUT2D eigenvalue weighted by Gasteiger charge is 2.86. The molecule has 0 atom stereocenters. The lowest BCUT2D eigenvalue weighted by Crippen LogP contribution is -2.63.